The van der Waals surface area contributed by atoms with Crippen LogP contribution in [0.3, 0.4) is 0 Å². The first-order valence-electron chi connectivity index (χ1n) is 49.7. The Balaban J connectivity index is 0.841. The normalized spacial score (nSPS) is 18.3. The molecule has 0 saturated carbocycles. The molecule has 3 nitrogen and oxygen atoms in total. The molecule has 0 amide bonds. The first-order chi connectivity index (χ1) is 63.2. The van der Waals surface area contributed by atoms with Gasteiger partial charge in [0.25, 0.3) is 6.71 Å². The molecule has 13 aromatic rings. The van der Waals surface area contributed by atoms with E-state index >= 15 is 0 Å². The molecule has 6 aliphatic rings. The van der Waals surface area contributed by atoms with Gasteiger partial charge in [0.2, 0.25) is 0 Å². The molecule has 2 aliphatic heterocycles. The maximum atomic E-state index is 11.4. The molecule has 0 N–H and O–H groups in total. The second-order valence-electron chi connectivity index (χ2n) is 33.1. The van der Waals surface area contributed by atoms with Crippen LogP contribution in [0.15, 0.2) is 366 Å². The fourth-order valence-electron chi connectivity index (χ4n) is 18.4. The lowest BCUT2D eigenvalue weighted by molar-refractivity contribution is 0.487. The summed E-state index contributed by atoms with van der Waals surface area (Å²) < 4.78 is 188. The van der Waals surface area contributed by atoms with Crippen LogP contribution in [0.25, 0.3) is 77.4 Å². The van der Waals surface area contributed by atoms with Crippen LogP contribution < -0.4 is 26.2 Å². The molecule has 2 unspecified atom stereocenters. The Labute approximate surface area is 696 Å². The molecule has 0 spiro atoms. The summed E-state index contributed by atoms with van der Waals surface area (Å²) in [7, 11) is 0. The van der Waals surface area contributed by atoms with Gasteiger partial charge >= 0.3 is 0 Å². The monoisotopic (exact) mass is 1480 g/mol. The van der Waals surface area contributed by atoms with E-state index in [1.165, 1.54) is 32.4 Å². The molecule has 0 bridgehead atoms. The Bertz CT molecular complexity index is 7010. The average Bonchev–Trinajstić information content (AvgIpc) is 0.890. The van der Waals surface area contributed by atoms with Crippen LogP contribution >= 0.6 is 0 Å². The summed E-state index contributed by atoms with van der Waals surface area (Å²) >= 11 is 0. The van der Waals surface area contributed by atoms with Gasteiger partial charge in [-0.15, -0.1) is 0 Å². The summed E-state index contributed by atoms with van der Waals surface area (Å²) in [5, 5.41) is -0.215. The van der Waals surface area contributed by atoms with E-state index in [9.17, 15) is 19.2 Å². The Kier molecular flexibility index (Phi) is 14.2. The Hall–Kier alpha value is -11.7. The van der Waals surface area contributed by atoms with E-state index in [-0.39, 0.29) is 117 Å². The second-order valence-corrected chi connectivity index (χ2v) is 33.1. The van der Waals surface area contributed by atoms with Gasteiger partial charge in [-0.1, -0.05) is 345 Å². The van der Waals surface area contributed by atoms with Crippen LogP contribution in [0.5, 0.6) is 0 Å². The Morgan fingerprint density at radius 2 is 0.832 bits per heavy atom. The number of hydrogen-bond donors (Lipinski definition) is 0. The lowest BCUT2D eigenvalue weighted by Crippen LogP contribution is -2.62. The minimum Gasteiger partial charge on any atom is -0.342 e. The molecule has 4 aliphatic carbocycles. The molecule has 1 aromatic heterocycles. The highest BCUT2D eigenvalue weighted by Gasteiger charge is 2.45. The lowest BCUT2D eigenvalue weighted by atomic mass is 9.33. The predicted molar refractivity (Wildman–Crippen MR) is 483 cm³/mol. The van der Waals surface area contributed by atoms with Gasteiger partial charge in [-0.2, -0.15) is 0 Å². The minimum atomic E-state index is -1.33. The van der Waals surface area contributed by atoms with E-state index in [2.05, 4.69) is 169 Å². The number of hydrogen-bond acceptors (Lipinski definition) is 2. The number of rotatable bonds is 22. The first kappa shape index (κ1) is 53.3. The quantitative estimate of drug-likeness (QED) is 0.0495. The van der Waals surface area contributed by atoms with Crippen molar-refractivity contribution in [2.24, 2.45) is 22.7 Å². The number of unbranched alkanes of at least 4 members (excludes halogenated alkanes) is 4. The van der Waals surface area contributed by atoms with Gasteiger partial charge in [-0.3, -0.25) is 0 Å². The molecule has 0 fully saturated rings. The third-order valence-electron chi connectivity index (χ3n) is 24.0. The van der Waals surface area contributed by atoms with E-state index < -0.39 is 115 Å². The van der Waals surface area contributed by atoms with Gasteiger partial charge in [0.15, 0.2) is 0 Å². The average molecular weight is 1480 g/mol. The van der Waals surface area contributed by atoms with Gasteiger partial charge in [0.1, 0.15) is 0 Å². The summed E-state index contributed by atoms with van der Waals surface area (Å²) in [6.07, 6.45) is 21.4. The number of aromatic nitrogens is 1. The van der Waals surface area contributed by atoms with Crippen LogP contribution in [-0.2, 0) is 25.8 Å². The molecule has 3 heterocycles. The van der Waals surface area contributed by atoms with Crippen molar-refractivity contribution in [2.75, 3.05) is 22.9 Å². The Morgan fingerprint density at radius 3 is 1.35 bits per heavy atom. The van der Waals surface area contributed by atoms with E-state index in [1.807, 2.05) is 94.7 Å². The van der Waals surface area contributed by atoms with E-state index in [1.54, 1.807) is 0 Å². The topological polar surface area (TPSA) is 11.4 Å². The zero-order chi connectivity index (χ0) is 92.9. The third-order valence-corrected chi connectivity index (χ3v) is 24.0. The van der Waals surface area contributed by atoms with Crippen LogP contribution in [0.1, 0.15) is 135 Å². The molecule has 19 rings (SSSR count). The number of anilines is 4. The maximum absolute atomic E-state index is 11.4. The zero-order valence-corrected chi connectivity index (χ0v) is 65.0. The fourth-order valence-corrected chi connectivity index (χ4v) is 18.4. The Morgan fingerprint density at radius 1 is 0.363 bits per heavy atom. The van der Waals surface area contributed by atoms with Gasteiger partial charge in [-0.05, 0) is 232 Å². The van der Waals surface area contributed by atoms with Gasteiger partial charge in [0, 0.05) is 76.0 Å². The molecule has 0 radical (unpaired) electrons. The summed E-state index contributed by atoms with van der Waals surface area (Å²) in [6.45, 7) is 12.0. The highest BCUT2D eigenvalue weighted by atomic mass is 15.2. The van der Waals surface area contributed by atoms with Crippen molar-refractivity contribution in [1.82, 2.24) is 4.57 Å². The van der Waals surface area contributed by atoms with E-state index in [4.69, 9.17) is 6.85 Å². The van der Waals surface area contributed by atoms with E-state index in [0.29, 0.717) is 80.2 Å². The summed E-state index contributed by atoms with van der Waals surface area (Å²) in [5.74, 6) is 0.0162. The van der Waals surface area contributed by atoms with Crippen molar-refractivity contribution in [3.05, 3.63) is 388 Å². The minimum absolute atomic E-state index is 0.0285. The van der Waals surface area contributed by atoms with Crippen molar-refractivity contribution in [2.45, 2.75) is 112 Å². The SMILES string of the molecule is [2H]c1c([2H])c([2H])c(-c2c([2H])c([2H])c3c(c2[2H])B2c4c(cc(Cn5c6c([2H])c([2H])c([2H])c([2H])c6c6c([2H])c([2H])c([2H])c([2H])c65)cc4N3CCCCCc3c(-c4ccccc4)cccc3-c3ccccc3)N(CCCCCc3c(-c4ccccc4)cccc3-c3ccccc3)c3c([2H])c([2H])c(CCC4=C5C=C(C(C)(C)C)C=C6C=CC7=CC(C(C)(C)C)=CC(=C4)C7C65)c([2H])c32)c([2H])c1[2H]. The zero-order valence-electron chi connectivity index (χ0n) is 84.0. The second kappa shape index (κ2) is 30.1. The van der Waals surface area contributed by atoms with Crippen molar-refractivity contribution < 1.29 is 26.0 Å². The molecule has 2 atom stereocenters. The van der Waals surface area contributed by atoms with Crippen LogP contribution in [-0.4, -0.2) is 24.4 Å². The molecular formula is C109H100BN3. The molecular weight excluding hydrogens is 1360 g/mol. The molecule has 554 valence electrons. The van der Waals surface area contributed by atoms with Crippen LogP contribution in [0.2, 0.25) is 0 Å². The fraction of sp³-hybridized carbons (Fsp3) is 0.211. The van der Waals surface area contributed by atoms with Crippen molar-refractivity contribution in [3.63, 3.8) is 0 Å². The summed E-state index contributed by atoms with van der Waals surface area (Å²) in [4.78, 5) is 3.95. The maximum Gasteiger partial charge on any atom is 0.252 e. The molecule has 4 heteroatoms. The number of allylic oxidation sites excluding steroid dienone is 14. The van der Waals surface area contributed by atoms with Crippen molar-refractivity contribution in [1.29, 1.82) is 0 Å². The number of nitrogens with zero attached hydrogens (tertiary/aromatic N) is 3. The lowest BCUT2D eigenvalue weighted by Gasteiger charge is -2.45. The smallest absolute Gasteiger partial charge is 0.252 e. The molecule has 113 heavy (non-hydrogen) atoms. The highest BCUT2D eigenvalue weighted by Crippen LogP contribution is 2.55. The predicted octanol–water partition coefficient (Wildman–Crippen LogP) is 26.2. The van der Waals surface area contributed by atoms with Crippen LogP contribution in [0.4, 0.5) is 22.7 Å². The van der Waals surface area contributed by atoms with Gasteiger partial charge in [-0.25, -0.2) is 0 Å². The standard InChI is InChI=1S/C109H100BN3/c1-108(2,3)86-68-83-57-58-84-69-87(109(4,5)6)72-96-82(67-85(70-86)105(83)106(84)96)56-54-74-55-60-101-97(64-74)110-98-71-81(76-34-14-7-15-35-76)59-61-102(98)112(63-31-13-25-45-93-90(79-40-20-10-21-41-79)50-33-51-91(93)80-42-22-11-23-43-80)104-66-75(73-113-99-52-28-26-46-94(99)95-47-27-29-53-100(95)113)65-103(107(104)110)111(101)62-30-12-24-44-92-88(77-36-16-8-17-37-77)48-32-49-89(92)78-38-18-9-19-39-78/h7-11,14-23,26-29,32-43,46-53,55,57-61,64-72,105-106H,12-13,24-25,30-31,44-45,54,56,62-63,73H2,1-6H3/i7D,14D,15D,26D,27D,28D,29D,34D,35D,46D,47D,52D,53D,55D,59D,60D,61D,64D,71D. The first-order valence-corrected chi connectivity index (χ1v) is 40.2. The largest absolute Gasteiger partial charge is 0.342 e. The van der Waals surface area contributed by atoms with Crippen LogP contribution in [0, 0.1) is 22.7 Å². The summed E-state index contributed by atoms with van der Waals surface area (Å²) in [6, 6.07) is 48.0. The third kappa shape index (κ3) is 13.7. The molecule has 12 aromatic carbocycles. The molecule has 0 saturated heterocycles. The number of para-hydroxylation sites is 2. The van der Waals surface area contributed by atoms with Crippen molar-refractivity contribution in [3.8, 4) is 55.6 Å². The highest BCUT2D eigenvalue weighted by molar-refractivity contribution is 7.00. The van der Waals surface area contributed by atoms with E-state index in [0.717, 1.165) is 66.8 Å². The van der Waals surface area contributed by atoms with Crippen molar-refractivity contribution >= 4 is 67.7 Å². The summed E-state index contributed by atoms with van der Waals surface area (Å²) in [5.41, 5.74) is 20.3. The van der Waals surface area contributed by atoms with Gasteiger partial charge < -0.3 is 14.4 Å². The number of fused-ring (bicyclic) bond motifs is 7. The number of benzene rings is 12. The van der Waals surface area contributed by atoms with Gasteiger partial charge in [0.05, 0.1) is 26.0 Å².